The van der Waals surface area contributed by atoms with Gasteiger partial charge in [0.05, 0.1) is 33.3 Å². The largest absolute Gasteiger partial charge is 0.493 e. The summed E-state index contributed by atoms with van der Waals surface area (Å²) in [7, 11) is 2.66. The minimum atomic E-state index is -3.36. The third-order valence-electron chi connectivity index (χ3n) is 4.17. The average Bonchev–Trinajstić information content (AvgIpc) is 2.69. The Kier molecular flexibility index (Phi) is 6.74. The Bertz CT molecular complexity index is 916. The van der Waals surface area contributed by atoms with Gasteiger partial charge in [0.2, 0.25) is 15.8 Å². The molecule has 0 fully saturated rings. The molecule has 0 aliphatic heterocycles. The second-order valence-corrected chi connectivity index (χ2v) is 8.01. The van der Waals surface area contributed by atoms with Crippen LogP contribution >= 0.6 is 0 Å². The lowest BCUT2D eigenvalue weighted by Crippen LogP contribution is -2.25. The van der Waals surface area contributed by atoms with E-state index in [0.717, 1.165) is 16.1 Å². The first-order valence-electron chi connectivity index (χ1n) is 8.32. The monoisotopic (exact) mass is 408 g/mol. The summed E-state index contributed by atoms with van der Waals surface area (Å²) in [6.45, 7) is 0.251. The fourth-order valence-corrected chi connectivity index (χ4v) is 3.04. The number of ether oxygens (including phenoxy) is 3. The normalized spacial score (nSPS) is 10.9. The molecule has 2 rings (SSSR count). The minimum absolute atomic E-state index is 0.251. The Morgan fingerprint density at radius 3 is 1.96 bits per heavy atom. The predicted octanol–water partition coefficient (Wildman–Crippen LogP) is 2.04. The molecule has 0 aliphatic rings. The van der Waals surface area contributed by atoms with E-state index in [1.54, 1.807) is 36.4 Å². The number of hydrogen-bond acceptors (Lipinski definition) is 6. The summed E-state index contributed by atoms with van der Waals surface area (Å²) in [5.74, 6) is 1.19. The quantitative estimate of drug-likeness (QED) is 0.718. The summed E-state index contributed by atoms with van der Waals surface area (Å²) < 4.78 is 40.2. The van der Waals surface area contributed by atoms with Crippen molar-refractivity contribution in [3.05, 3.63) is 47.5 Å². The summed E-state index contributed by atoms with van der Waals surface area (Å²) in [5, 5.41) is 2.81. The Morgan fingerprint density at radius 2 is 1.54 bits per heavy atom. The molecule has 1 N–H and O–H groups in total. The standard InChI is InChI=1S/C19H24N2O6S/c1-21(28(5,23)24)15-8-6-14(7-9-15)19(22)20-12-13-10-16(25-2)18(27-4)17(11-13)26-3/h6-11H,12H2,1-5H3,(H,20,22). The van der Waals surface area contributed by atoms with Crippen LogP contribution in [-0.2, 0) is 16.6 Å². The molecule has 0 spiro atoms. The molecule has 0 aromatic heterocycles. The molecular formula is C19H24N2O6S. The van der Waals surface area contributed by atoms with Crippen molar-refractivity contribution in [3.8, 4) is 17.2 Å². The van der Waals surface area contributed by atoms with Gasteiger partial charge in [-0.1, -0.05) is 0 Å². The molecule has 0 saturated carbocycles. The van der Waals surface area contributed by atoms with Crippen molar-refractivity contribution in [2.75, 3.05) is 38.9 Å². The van der Waals surface area contributed by atoms with Crippen molar-refractivity contribution in [2.24, 2.45) is 0 Å². The average molecular weight is 408 g/mol. The van der Waals surface area contributed by atoms with E-state index >= 15 is 0 Å². The zero-order chi connectivity index (χ0) is 20.9. The van der Waals surface area contributed by atoms with Gasteiger partial charge in [-0.15, -0.1) is 0 Å². The summed E-state index contributed by atoms with van der Waals surface area (Å²) in [5.41, 5.74) is 1.66. The van der Waals surface area contributed by atoms with Gasteiger partial charge in [-0.05, 0) is 42.0 Å². The van der Waals surface area contributed by atoms with Crippen LogP contribution in [0.3, 0.4) is 0 Å². The SMILES string of the molecule is COc1cc(CNC(=O)c2ccc(N(C)S(C)(=O)=O)cc2)cc(OC)c1OC. The molecule has 0 radical (unpaired) electrons. The molecule has 28 heavy (non-hydrogen) atoms. The van der Waals surface area contributed by atoms with Crippen molar-refractivity contribution in [2.45, 2.75) is 6.54 Å². The Morgan fingerprint density at radius 1 is 1.00 bits per heavy atom. The first-order chi connectivity index (χ1) is 13.2. The molecule has 152 valence electrons. The molecule has 0 aliphatic carbocycles. The second kappa shape index (κ2) is 8.83. The fraction of sp³-hybridized carbons (Fsp3) is 0.316. The van der Waals surface area contributed by atoms with Gasteiger partial charge in [0.25, 0.3) is 5.91 Å². The lowest BCUT2D eigenvalue weighted by molar-refractivity contribution is 0.0951. The zero-order valence-corrected chi connectivity index (χ0v) is 17.3. The number of carbonyl (C=O) groups is 1. The molecule has 0 bridgehead atoms. The van der Waals surface area contributed by atoms with Crippen LogP contribution in [0.1, 0.15) is 15.9 Å². The summed E-state index contributed by atoms with van der Waals surface area (Å²) in [6.07, 6.45) is 1.12. The van der Waals surface area contributed by atoms with Gasteiger partial charge in [0.15, 0.2) is 11.5 Å². The van der Waals surface area contributed by atoms with Crippen LogP contribution in [0, 0.1) is 0 Å². The lowest BCUT2D eigenvalue weighted by Gasteiger charge is -2.17. The Hall–Kier alpha value is -2.94. The number of rotatable bonds is 8. The number of hydrogen-bond donors (Lipinski definition) is 1. The molecule has 2 aromatic carbocycles. The van der Waals surface area contributed by atoms with Gasteiger partial charge in [-0.2, -0.15) is 0 Å². The number of anilines is 1. The van der Waals surface area contributed by atoms with E-state index in [2.05, 4.69) is 5.32 Å². The molecule has 0 saturated heterocycles. The molecule has 8 nitrogen and oxygen atoms in total. The maximum atomic E-state index is 12.4. The van der Waals surface area contributed by atoms with Crippen molar-refractivity contribution in [1.29, 1.82) is 0 Å². The number of carbonyl (C=O) groups excluding carboxylic acids is 1. The van der Waals surface area contributed by atoms with E-state index in [9.17, 15) is 13.2 Å². The van der Waals surface area contributed by atoms with Crippen molar-refractivity contribution in [3.63, 3.8) is 0 Å². The van der Waals surface area contributed by atoms with Crippen LogP contribution < -0.4 is 23.8 Å². The second-order valence-electron chi connectivity index (χ2n) is 5.99. The van der Waals surface area contributed by atoms with Gasteiger partial charge >= 0.3 is 0 Å². The zero-order valence-electron chi connectivity index (χ0n) is 16.5. The maximum absolute atomic E-state index is 12.4. The van der Waals surface area contributed by atoms with Crippen LogP contribution in [0.2, 0.25) is 0 Å². The molecular weight excluding hydrogens is 384 g/mol. The number of nitrogens with one attached hydrogen (secondary N) is 1. The molecule has 2 aromatic rings. The highest BCUT2D eigenvalue weighted by atomic mass is 32.2. The third-order valence-corrected chi connectivity index (χ3v) is 5.37. The van der Waals surface area contributed by atoms with Gasteiger partial charge in [-0.3, -0.25) is 9.10 Å². The van der Waals surface area contributed by atoms with Crippen LogP contribution in [-0.4, -0.2) is 49.0 Å². The topological polar surface area (TPSA) is 94.2 Å². The first-order valence-corrected chi connectivity index (χ1v) is 10.2. The highest BCUT2D eigenvalue weighted by Crippen LogP contribution is 2.38. The van der Waals surface area contributed by atoms with Crippen LogP contribution in [0.25, 0.3) is 0 Å². The van der Waals surface area contributed by atoms with E-state index in [-0.39, 0.29) is 12.5 Å². The van der Waals surface area contributed by atoms with E-state index < -0.39 is 10.0 Å². The third kappa shape index (κ3) is 4.86. The molecule has 9 heteroatoms. The number of methoxy groups -OCH3 is 3. The van der Waals surface area contributed by atoms with Crippen LogP contribution in [0.4, 0.5) is 5.69 Å². The molecule has 1 amide bonds. The van der Waals surface area contributed by atoms with Gasteiger partial charge in [-0.25, -0.2) is 8.42 Å². The smallest absolute Gasteiger partial charge is 0.251 e. The van der Waals surface area contributed by atoms with E-state index in [4.69, 9.17) is 14.2 Å². The Labute approximate surface area is 165 Å². The number of amides is 1. The molecule has 0 unspecified atom stereocenters. The van der Waals surface area contributed by atoms with Crippen molar-refractivity contribution < 1.29 is 27.4 Å². The van der Waals surface area contributed by atoms with Crippen LogP contribution in [0.5, 0.6) is 17.2 Å². The van der Waals surface area contributed by atoms with Gasteiger partial charge < -0.3 is 19.5 Å². The fourth-order valence-electron chi connectivity index (χ4n) is 2.54. The van der Waals surface area contributed by atoms with Gasteiger partial charge in [0, 0.05) is 19.2 Å². The number of nitrogens with zero attached hydrogens (tertiary/aromatic N) is 1. The maximum Gasteiger partial charge on any atom is 0.251 e. The van der Waals surface area contributed by atoms with E-state index in [1.165, 1.54) is 28.4 Å². The summed E-state index contributed by atoms with van der Waals surface area (Å²) >= 11 is 0. The van der Waals surface area contributed by atoms with E-state index in [1.807, 2.05) is 0 Å². The molecule has 0 atom stereocenters. The van der Waals surface area contributed by atoms with E-state index in [0.29, 0.717) is 28.5 Å². The predicted molar refractivity (Wildman–Crippen MR) is 107 cm³/mol. The number of sulfonamides is 1. The molecule has 0 heterocycles. The highest BCUT2D eigenvalue weighted by Gasteiger charge is 2.15. The minimum Gasteiger partial charge on any atom is -0.493 e. The van der Waals surface area contributed by atoms with Crippen LogP contribution in [0.15, 0.2) is 36.4 Å². The highest BCUT2D eigenvalue weighted by molar-refractivity contribution is 7.92. The number of benzene rings is 2. The van der Waals surface area contributed by atoms with Crippen molar-refractivity contribution >= 4 is 21.6 Å². The lowest BCUT2D eigenvalue weighted by atomic mass is 10.1. The van der Waals surface area contributed by atoms with Crippen molar-refractivity contribution in [1.82, 2.24) is 5.32 Å². The van der Waals surface area contributed by atoms with Gasteiger partial charge in [0.1, 0.15) is 0 Å². The Balaban J connectivity index is 2.12. The first kappa shape index (κ1) is 21.4. The summed E-state index contributed by atoms with van der Waals surface area (Å²) in [4.78, 5) is 12.4. The summed E-state index contributed by atoms with van der Waals surface area (Å²) in [6, 6.07) is 9.81.